The first-order valence-electron chi connectivity index (χ1n) is 13.5. The molecule has 196 valence electrons. The second-order valence-electron chi connectivity index (χ2n) is 9.96. The molecule has 0 fully saturated rings. The third-order valence-electron chi connectivity index (χ3n) is 5.29. The number of carbonyl (C=O) groups excluding carboxylic acids is 2. The van der Waals surface area contributed by atoms with Gasteiger partial charge in [-0.1, -0.05) is 92.4 Å². The Balaban J connectivity index is 3.88. The van der Waals surface area contributed by atoms with Crippen molar-refractivity contribution in [3.8, 4) is 0 Å². The molecule has 1 N–H and O–H groups in total. The van der Waals surface area contributed by atoms with Crippen LogP contribution < -0.4 is 5.32 Å². The van der Waals surface area contributed by atoms with E-state index in [9.17, 15) is 9.59 Å². The Kier molecular flexibility index (Phi) is 21.9. The zero-order valence-corrected chi connectivity index (χ0v) is 22.3. The molecule has 0 spiro atoms. The molecule has 0 amide bonds. The molecule has 0 saturated heterocycles. The van der Waals surface area contributed by atoms with E-state index in [-0.39, 0.29) is 24.2 Å². The van der Waals surface area contributed by atoms with Crippen molar-refractivity contribution < 1.29 is 23.8 Å². The van der Waals surface area contributed by atoms with Crippen LogP contribution in [0.5, 0.6) is 0 Å². The Bertz CT molecular complexity index is 467. The lowest BCUT2D eigenvalue weighted by atomic mass is 10.1. The molecule has 0 radical (unpaired) electrons. The number of unbranched alkanes of at least 4 members (excludes halogenated alkanes) is 9. The van der Waals surface area contributed by atoms with Crippen LogP contribution in [0, 0.1) is 11.8 Å². The van der Waals surface area contributed by atoms with Gasteiger partial charge in [0.15, 0.2) is 0 Å². The maximum absolute atomic E-state index is 12.4. The molecule has 0 aliphatic heterocycles. The lowest BCUT2D eigenvalue weighted by molar-refractivity contribution is -0.154. The summed E-state index contributed by atoms with van der Waals surface area (Å²) in [7, 11) is 0. The van der Waals surface area contributed by atoms with Gasteiger partial charge in [-0.25, -0.2) is 0 Å². The highest BCUT2D eigenvalue weighted by Crippen LogP contribution is 2.10. The molecule has 0 aromatic heterocycles. The molecule has 0 aromatic carbocycles. The van der Waals surface area contributed by atoms with E-state index in [1.807, 2.05) is 27.7 Å². The topological polar surface area (TPSA) is 73.9 Å². The summed E-state index contributed by atoms with van der Waals surface area (Å²) in [6.07, 6.45) is 14.0. The van der Waals surface area contributed by atoms with Crippen molar-refractivity contribution in [2.24, 2.45) is 11.8 Å². The average molecular weight is 472 g/mol. The van der Waals surface area contributed by atoms with Gasteiger partial charge in [-0.05, 0) is 31.2 Å². The number of ether oxygens (including phenoxy) is 3. The first kappa shape index (κ1) is 31.9. The third kappa shape index (κ3) is 22.4. The summed E-state index contributed by atoms with van der Waals surface area (Å²) in [6, 6.07) is -0.676. The molecule has 0 aliphatic carbocycles. The van der Waals surface area contributed by atoms with Crippen LogP contribution in [-0.2, 0) is 23.8 Å². The van der Waals surface area contributed by atoms with Crippen LogP contribution in [0.2, 0.25) is 0 Å². The summed E-state index contributed by atoms with van der Waals surface area (Å²) >= 11 is 0. The van der Waals surface area contributed by atoms with Crippen LogP contribution in [0.3, 0.4) is 0 Å². The van der Waals surface area contributed by atoms with Crippen LogP contribution >= 0.6 is 0 Å². The van der Waals surface area contributed by atoms with Crippen molar-refractivity contribution >= 4 is 11.9 Å². The smallest absolute Gasteiger partial charge is 0.323 e. The second kappa shape index (κ2) is 22.6. The minimum Gasteiger partial charge on any atom is -0.465 e. The Morgan fingerprint density at radius 1 is 0.697 bits per heavy atom. The number of hydrogen-bond acceptors (Lipinski definition) is 6. The summed E-state index contributed by atoms with van der Waals surface area (Å²) in [5.74, 6) is -0.251. The molecular formula is C27H53NO5. The minimum atomic E-state index is -0.676. The second-order valence-corrected chi connectivity index (χ2v) is 9.96. The highest BCUT2D eigenvalue weighted by molar-refractivity contribution is 5.82. The van der Waals surface area contributed by atoms with Gasteiger partial charge in [0.25, 0.3) is 0 Å². The fourth-order valence-electron chi connectivity index (χ4n) is 3.32. The molecule has 1 atom stereocenters. The summed E-state index contributed by atoms with van der Waals surface area (Å²) in [4.78, 5) is 24.4. The predicted octanol–water partition coefficient (Wildman–Crippen LogP) is 6.06. The highest BCUT2D eigenvalue weighted by Gasteiger charge is 2.24. The van der Waals surface area contributed by atoms with Gasteiger partial charge in [0.1, 0.15) is 6.04 Å². The van der Waals surface area contributed by atoms with Gasteiger partial charge in [-0.3, -0.25) is 9.59 Å². The molecule has 0 aliphatic rings. The van der Waals surface area contributed by atoms with Gasteiger partial charge < -0.3 is 19.5 Å². The van der Waals surface area contributed by atoms with E-state index in [0.29, 0.717) is 26.4 Å². The molecule has 0 heterocycles. The van der Waals surface area contributed by atoms with Crippen molar-refractivity contribution in [1.29, 1.82) is 0 Å². The van der Waals surface area contributed by atoms with E-state index in [1.165, 1.54) is 57.8 Å². The Hall–Kier alpha value is -1.14. The van der Waals surface area contributed by atoms with Crippen molar-refractivity contribution in [3.05, 3.63) is 0 Å². The maximum Gasteiger partial charge on any atom is 0.323 e. The molecule has 0 unspecified atom stereocenters. The Morgan fingerprint density at radius 2 is 1.21 bits per heavy atom. The number of rotatable bonds is 23. The lowest BCUT2D eigenvalue weighted by Gasteiger charge is -2.18. The summed E-state index contributed by atoms with van der Waals surface area (Å²) < 4.78 is 16.3. The molecular weight excluding hydrogens is 418 g/mol. The van der Waals surface area contributed by atoms with E-state index in [0.717, 1.165) is 19.4 Å². The molecule has 0 aromatic rings. The van der Waals surface area contributed by atoms with Gasteiger partial charge in [0.2, 0.25) is 0 Å². The summed E-state index contributed by atoms with van der Waals surface area (Å²) in [5, 5.41) is 3.15. The third-order valence-corrected chi connectivity index (χ3v) is 5.29. The standard InChI is InChI=1S/C27H53NO5/c1-6-7-8-9-10-11-12-13-14-15-18-31-19-16-17-28-25(27(30)33-22-24(4)5)20-26(29)32-21-23(2)3/h23-25,28H,6-22H2,1-5H3/t25-/m0/s1. The predicted molar refractivity (Wildman–Crippen MR) is 135 cm³/mol. The average Bonchev–Trinajstić information content (AvgIpc) is 2.77. The Morgan fingerprint density at radius 3 is 1.79 bits per heavy atom. The fraction of sp³-hybridized carbons (Fsp3) is 0.926. The zero-order chi connectivity index (χ0) is 24.7. The summed E-state index contributed by atoms with van der Waals surface area (Å²) in [5.41, 5.74) is 0. The first-order chi connectivity index (χ1) is 15.9. The zero-order valence-electron chi connectivity index (χ0n) is 22.3. The van der Waals surface area contributed by atoms with Gasteiger partial charge in [-0.15, -0.1) is 0 Å². The van der Waals surface area contributed by atoms with E-state index in [4.69, 9.17) is 14.2 Å². The quantitative estimate of drug-likeness (QED) is 0.144. The molecule has 33 heavy (non-hydrogen) atoms. The molecule has 0 saturated carbocycles. The SMILES string of the molecule is CCCCCCCCCCCCOCCCN[C@@H](CC(=O)OCC(C)C)C(=O)OCC(C)C. The van der Waals surface area contributed by atoms with Crippen LogP contribution in [0.15, 0.2) is 0 Å². The summed E-state index contributed by atoms with van der Waals surface area (Å²) in [6.45, 7) is 12.9. The van der Waals surface area contributed by atoms with Crippen molar-refractivity contribution in [1.82, 2.24) is 5.32 Å². The van der Waals surface area contributed by atoms with Crippen molar-refractivity contribution in [3.63, 3.8) is 0 Å². The lowest BCUT2D eigenvalue weighted by Crippen LogP contribution is -2.41. The van der Waals surface area contributed by atoms with Crippen LogP contribution in [-0.4, -0.2) is 51.0 Å². The fourth-order valence-corrected chi connectivity index (χ4v) is 3.32. The highest BCUT2D eigenvalue weighted by atomic mass is 16.5. The molecule has 0 bridgehead atoms. The Labute approximate surface area is 203 Å². The van der Waals surface area contributed by atoms with Gasteiger partial charge in [0.05, 0.1) is 19.6 Å². The van der Waals surface area contributed by atoms with Crippen molar-refractivity contribution in [2.75, 3.05) is 33.0 Å². The van der Waals surface area contributed by atoms with E-state index in [2.05, 4.69) is 12.2 Å². The van der Waals surface area contributed by atoms with E-state index < -0.39 is 12.0 Å². The molecule has 6 nitrogen and oxygen atoms in total. The van der Waals surface area contributed by atoms with E-state index in [1.54, 1.807) is 0 Å². The van der Waals surface area contributed by atoms with Gasteiger partial charge in [0, 0.05) is 13.2 Å². The molecule has 6 heteroatoms. The monoisotopic (exact) mass is 471 g/mol. The normalized spacial score (nSPS) is 12.3. The van der Waals surface area contributed by atoms with Crippen LogP contribution in [0.25, 0.3) is 0 Å². The maximum atomic E-state index is 12.4. The number of esters is 2. The first-order valence-corrected chi connectivity index (χ1v) is 13.5. The van der Waals surface area contributed by atoms with E-state index >= 15 is 0 Å². The van der Waals surface area contributed by atoms with Crippen LogP contribution in [0.4, 0.5) is 0 Å². The minimum absolute atomic E-state index is 0.0108. The number of nitrogens with one attached hydrogen (secondary N) is 1. The van der Waals surface area contributed by atoms with Gasteiger partial charge >= 0.3 is 11.9 Å². The molecule has 0 rings (SSSR count). The number of hydrogen-bond donors (Lipinski definition) is 1. The number of carbonyl (C=O) groups is 2. The van der Waals surface area contributed by atoms with Crippen molar-refractivity contribution in [2.45, 2.75) is 118 Å². The van der Waals surface area contributed by atoms with Gasteiger partial charge in [-0.2, -0.15) is 0 Å². The van der Waals surface area contributed by atoms with Crippen LogP contribution in [0.1, 0.15) is 112 Å². The largest absolute Gasteiger partial charge is 0.465 e.